The first-order chi connectivity index (χ1) is 16.0. The van der Waals surface area contributed by atoms with Gasteiger partial charge in [0.15, 0.2) is 5.76 Å². The number of ether oxygens (including phenoxy) is 1. The standard InChI is InChI=1S/C25H24N4O4/c1-28-13-18-14-29(25(31)22-11-17-5-3-4-6-21(17)33-22)15-20(23(18)27-28)24(30)26-12-16-7-9-19(32-2)10-8-16/h3-11,13,20H,12,14-15H2,1-2H3,(H,26,30)/t20-/m1/s1. The summed E-state index contributed by atoms with van der Waals surface area (Å²) in [6.07, 6.45) is 1.86. The number of amides is 2. The van der Waals surface area contributed by atoms with Gasteiger partial charge in [-0.1, -0.05) is 30.3 Å². The number of carbonyl (C=O) groups excluding carboxylic acids is 2. The second-order valence-corrected chi connectivity index (χ2v) is 8.17. The predicted molar refractivity (Wildman–Crippen MR) is 122 cm³/mol. The third kappa shape index (κ3) is 4.07. The lowest BCUT2D eigenvalue weighted by molar-refractivity contribution is -0.123. The van der Waals surface area contributed by atoms with Gasteiger partial charge in [0.05, 0.1) is 18.7 Å². The van der Waals surface area contributed by atoms with Crippen LogP contribution >= 0.6 is 0 Å². The number of aromatic nitrogens is 2. The van der Waals surface area contributed by atoms with Crippen LogP contribution in [0.4, 0.5) is 0 Å². The molecule has 0 saturated heterocycles. The van der Waals surface area contributed by atoms with Crippen LogP contribution in [0.5, 0.6) is 5.75 Å². The van der Waals surface area contributed by atoms with Crippen molar-refractivity contribution in [2.75, 3.05) is 13.7 Å². The van der Waals surface area contributed by atoms with E-state index in [0.29, 0.717) is 24.4 Å². The van der Waals surface area contributed by atoms with Gasteiger partial charge in [-0.05, 0) is 29.8 Å². The van der Waals surface area contributed by atoms with Crippen molar-refractivity contribution < 1.29 is 18.7 Å². The zero-order valence-corrected chi connectivity index (χ0v) is 18.4. The van der Waals surface area contributed by atoms with E-state index in [1.807, 2.05) is 61.8 Å². The summed E-state index contributed by atoms with van der Waals surface area (Å²) in [4.78, 5) is 28.1. The van der Waals surface area contributed by atoms with E-state index in [0.717, 1.165) is 22.3 Å². The SMILES string of the molecule is COc1ccc(CNC(=O)[C@@H]2CN(C(=O)c3cc4ccccc4o3)Cc3cn(C)nc32)cc1. The summed E-state index contributed by atoms with van der Waals surface area (Å²) in [5.41, 5.74) is 3.18. The van der Waals surface area contributed by atoms with Crippen LogP contribution in [0.15, 0.2) is 65.2 Å². The highest BCUT2D eigenvalue weighted by Crippen LogP contribution is 2.29. The van der Waals surface area contributed by atoms with Crippen LogP contribution in [0, 0.1) is 0 Å². The number of nitrogens with zero attached hydrogens (tertiary/aromatic N) is 3. The second-order valence-electron chi connectivity index (χ2n) is 8.17. The Hall–Kier alpha value is -4.07. The van der Waals surface area contributed by atoms with Crippen molar-refractivity contribution in [2.24, 2.45) is 7.05 Å². The van der Waals surface area contributed by atoms with E-state index in [2.05, 4.69) is 10.4 Å². The molecule has 1 atom stereocenters. The minimum absolute atomic E-state index is 0.173. The summed E-state index contributed by atoms with van der Waals surface area (Å²) in [5, 5.41) is 8.37. The molecule has 8 heteroatoms. The quantitative estimate of drug-likeness (QED) is 0.511. The van der Waals surface area contributed by atoms with Gasteiger partial charge in [0.1, 0.15) is 11.3 Å². The van der Waals surface area contributed by atoms with E-state index < -0.39 is 5.92 Å². The minimum Gasteiger partial charge on any atom is -0.497 e. The van der Waals surface area contributed by atoms with Crippen molar-refractivity contribution in [1.29, 1.82) is 0 Å². The molecule has 0 fully saturated rings. The van der Waals surface area contributed by atoms with Gasteiger partial charge in [-0.2, -0.15) is 5.10 Å². The molecule has 5 rings (SSSR count). The lowest BCUT2D eigenvalue weighted by atomic mass is 9.95. The van der Waals surface area contributed by atoms with Crippen LogP contribution in [0.3, 0.4) is 0 Å². The van der Waals surface area contributed by atoms with Gasteiger partial charge in [-0.25, -0.2) is 0 Å². The Morgan fingerprint density at radius 1 is 1.18 bits per heavy atom. The molecule has 2 aromatic heterocycles. The highest BCUT2D eigenvalue weighted by atomic mass is 16.5. The molecule has 1 N–H and O–H groups in total. The minimum atomic E-state index is -0.568. The summed E-state index contributed by atoms with van der Waals surface area (Å²) in [5.74, 6) is 0.0409. The molecule has 8 nitrogen and oxygen atoms in total. The van der Waals surface area contributed by atoms with Gasteiger partial charge in [-0.15, -0.1) is 0 Å². The second kappa shape index (κ2) is 8.46. The number of methoxy groups -OCH3 is 1. The number of carbonyl (C=O) groups is 2. The Balaban J connectivity index is 1.35. The maximum atomic E-state index is 13.3. The van der Waals surface area contributed by atoms with Crippen LogP contribution in [-0.4, -0.2) is 40.1 Å². The Kier molecular flexibility index (Phi) is 5.34. The number of hydrogen-bond donors (Lipinski definition) is 1. The van der Waals surface area contributed by atoms with Gasteiger partial charge in [0, 0.05) is 43.8 Å². The summed E-state index contributed by atoms with van der Waals surface area (Å²) < 4.78 is 12.6. The van der Waals surface area contributed by atoms with E-state index >= 15 is 0 Å². The van der Waals surface area contributed by atoms with Crippen LogP contribution in [0.2, 0.25) is 0 Å². The fourth-order valence-corrected chi connectivity index (χ4v) is 4.21. The van der Waals surface area contributed by atoms with E-state index in [-0.39, 0.29) is 24.1 Å². The summed E-state index contributed by atoms with van der Waals surface area (Å²) >= 11 is 0. The summed E-state index contributed by atoms with van der Waals surface area (Å²) in [6.45, 7) is 0.981. The molecule has 0 unspecified atom stereocenters. The van der Waals surface area contributed by atoms with E-state index in [1.165, 1.54) is 0 Å². The number of benzene rings is 2. The number of rotatable bonds is 5. The van der Waals surface area contributed by atoms with Crippen LogP contribution in [0.25, 0.3) is 11.0 Å². The predicted octanol–water partition coefficient (Wildman–Crippen LogP) is 3.23. The van der Waals surface area contributed by atoms with Gasteiger partial charge in [0.2, 0.25) is 5.91 Å². The molecule has 2 aromatic carbocycles. The number of nitrogens with one attached hydrogen (secondary N) is 1. The zero-order chi connectivity index (χ0) is 22.9. The van der Waals surface area contributed by atoms with Gasteiger partial charge >= 0.3 is 0 Å². The number of para-hydroxylation sites is 1. The molecule has 1 aliphatic heterocycles. The molecule has 1 aliphatic rings. The third-order valence-electron chi connectivity index (χ3n) is 5.90. The van der Waals surface area contributed by atoms with Gasteiger partial charge < -0.3 is 19.4 Å². The molecule has 0 saturated carbocycles. The zero-order valence-electron chi connectivity index (χ0n) is 18.4. The fraction of sp³-hybridized carbons (Fsp3) is 0.240. The first kappa shape index (κ1) is 20.8. The molecule has 4 aromatic rings. The fourth-order valence-electron chi connectivity index (χ4n) is 4.21. The number of furan rings is 1. The topological polar surface area (TPSA) is 89.6 Å². The molecule has 33 heavy (non-hydrogen) atoms. The first-order valence-electron chi connectivity index (χ1n) is 10.7. The van der Waals surface area contributed by atoms with Crippen molar-refractivity contribution in [3.8, 4) is 5.75 Å². The van der Waals surface area contributed by atoms with Crippen molar-refractivity contribution in [2.45, 2.75) is 19.0 Å². The normalized spacial score (nSPS) is 15.3. The molecular weight excluding hydrogens is 420 g/mol. The van der Waals surface area contributed by atoms with E-state index in [4.69, 9.17) is 9.15 Å². The van der Waals surface area contributed by atoms with Crippen molar-refractivity contribution in [1.82, 2.24) is 20.0 Å². The van der Waals surface area contributed by atoms with E-state index in [9.17, 15) is 9.59 Å². The monoisotopic (exact) mass is 444 g/mol. The average Bonchev–Trinajstić information content (AvgIpc) is 3.44. The van der Waals surface area contributed by atoms with Crippen LogP contribution < -0.4 is 10.1 Å². The first-order valence-corrected chi connectivity index (χ1v) is 10.7. The number of fused-ring (bicyclic) bond motifs is 2. The molecule has 0 aliphatic carbocycles. The average molecular weight is 444 g/mol. The maximum absolute atomic E-state index is 13.3. The number of aryl methyl sites for hydroxylation is 1. The molecule has 0 spiro atoms. The van der Waals surface area contributed by atoms with Gasteiger partial charge in [0.25, 0.3) is 5.91 Å². The molecule has 0 bridgehead atoms. The highest BCUT2D eigenvalue weighted by molar-refractivity contribution is 5.97. The molecular formula is C25H24N4O4. The van der Waals surface area contributed by atoms with Crippen LogP contribution in [-0.2, 0) is 24.9 Å². The molecule has 168 valence electrons. The molecule has 3 heterocycles. The number of hydrogen-bond acceptors (Lipinski definition) is 5. The van der Waals surface area contributed by atoms with Crippen LogP contribution in [0.1, 0.15) is 33.3 Å². The van der Waals surface area contributed by atoms with Crippen molar-refractivity contribution >= 4 is 22.8 Å². The highest BCUT2D eigenvalue weighted by Gasteiger charge is 2.36. The largest absolute Gasteiger partial charge is 0.497 e. The third-order valence-corrected chi connectivity index (χ3v) is 5.90. The Morgan fingerprint density at radius 2 is 1.97 bits per heavy atom. The Bertz CT molecular complexity index is 1290. The summed E-state index contributed by atoms with van der Waals surface area (Å²) in [7, 11) is 3.43. The smallest absolute Gasteiger partial charge is 0.289 e. The molecule has 2 amide bonds. The maximum Gasteiger partial charge on any atom is 0.289 e. The Morgan fingerprint density at radius 3 is 2.73 bits per heavy atom. The van der Waals surface area contributed by atoms with Crippen molar-refractivity contribution in [3.63, 3.8) is 0 Å². The lowest BCUT2D eigenvalue weighted by Crippen LogP contribution is -2.43. The summed E-state index contributed by atoms with van der Waals surface area (Å²) in [6, 6.07) is 16.8. The molecule has 0 radical (unpaired) electrons. The van der Waals surface area contributed by atoms with Gasteiger partial charge in [-0.3, -0.25) is 14.3 Å². The van der Waals surface area contributed by atoms with E-state index in [1.54, 1.807) is 22.8 Å². The lowest BCUT2D eigenvalue weighted by Gasteiger charge is -2.30. The van der Waals surface area contributed by atoms with Crippen molar-refractivity contribution in [3.05, 3.63) is 83.4 Å². The Labute approximate surface area is 190 Å².